The quantitative estimate of drug-likeness (QED) is 0.680. The van der Waals surface area contributed by atoms with Gasteiger partial charge in [-0.3, -0.25) is 9.59 Å². The third-order valence-corrected chi connectivity index (χ3v) is 7.60. The largest absolute Gasteiger partial charge is 0.359 e. The van der Waals surface area contributed by atoms with Gasteiger partial charge < -0.3 is 10.2 Å². The summed E-state index contributed by atoms with van der Waals surface area (Å²) < 4.78 is 0. The average molecular weight is 433 g/mol. The molecule has 0 unspecified atom stereocenters. The second kappa shape index (κ2) is 10.3. The van der Waals surface area contributed by atoms with Gasteiger partial charge in [0.15, 0.2) is 0 Å². The number of nitrogens with zero attached hydrogens (tertiary/aromatic N) is 1. The maximum absolute atomic E-state index is 13.1. The lowest BCUT2D eigenvalue weighted by Crippen LogP contribution is -2.50. The fraction of sp³-hybridized carbons (Fsp3) is 0.500. The van der Waals surface area contributed by atoms with Gasteiger partial charge in [-0.25, -0.2) is 0 Å². The zero-order valence-electron chi connectivity index (χ0n) is 19.3. The summed E-state index contributed by atoms with van der Waals surface area (Å²) in [5.74, 6) is 0.937. The summed E-state index contributed by atoms with van der Waals surface area (Å²) >= 11 is 0. The molecule has 2 fully saturated rings. The van der Waals surface area contributed by atoms with E-state index in [0.717, 1.165) is 0 Å². The predicted octanol–water partition coefficient (Wildman–Crippen LogP) is 5.22. The smallest absolute Gasteiger partial charge is 0.226 e. The summed E-state index contributed by atoms with van der Waals surface area (Å²) in [6.07, 6.45) is 9.03. The minimum atomic E-state index is -0.471. The number of benzene rings is 2. The van der Waals surface area contributed by atoms with Gasteiger partial charge in [-0.05, 0) is 54.7 Å². The number of nitrogens with one attached hydrogen (secondary N) is 1. The number of piperidine rings is 1. The summed E-state index contributed by atoms with van der Waals surface area (Å²) in [4.78, 5) is 28.1. The Hall–Kier alpha value is -2.62. The number of amides is 2. The Labute approximate surface area is 192 Å². The Balaban J connectivity index is 1.48. The normalized spacial score (nSPS) is 18.8. The average Bonchev–Trinajstić information content (AvgIpc) is 2.85. The number of hydrogen-bond acceptors (Lipinski definition) is 2. The van der Waals surface area contributed by atoms with E-state index < -0.39 is 5.41 Å². The summed E-state index contributed by atoms with van der Waals surface area (Å²) in [6, 6.07) is 18.8. The van der Waals surface area contributed by atoms with Crippen LogP contribution in [-0.4, -0.2) is 36.9 Å². The molecule has 0 radical (unpaired) electrons. The van der Waals surface area contributed by atoms with Crippen molar-refractivity contribution in [1.82, 2.24) is 10.2 Å². The van der Waals surface area contributed by atoms with Crippen LogP contribution in [0.25, 0.3) is 11.1 Å². The van der Waals surface area contributed by atoms with Crippen LogP contribution in [0, 0.1) is 11.3 Å². The van der Waals surface area contributed by atoms with E-state index in [1.807, 2.05) is 11.0 Å². The van der Waals surface area contributed by atoms with E-state index >= 15 is 0 Å². The van der Waals surface area contributed by atoms with Crippen LogP contribution in [0.5, 0.6) is 0 Å². The molecule has 1 heterocycles. The highest BCUT2D eigenvalue weighted by atomic mass is 16.2. The van der Waals surface area contributed by atoms with Gasteiger partial charge in [0.2, 0.25) is 11.8 Å². The van der Waals surface area contributed by atoms with Crippen LogP contribution >= 0.6 is 0 Å². The topological polar surface area (TPSA) is 49.4 Å². The molecule has 0 aromatic heterocycles. The van der Waals surface area contributed by atoms with Gasteiger partial charge in [0, 0.05) is 26.6 Å². The van der Waals surface area contributed by atoms with Crippen molar-refractivity contribution in [3.8, 4) is 11.1 Å². The molecule has 4 rings (SSSR count). The van der Waals surface area contributed by atoms with E-state index in [-0.39, 0.29) is 11.8 Å². The number of likely N-dealkylation sites (tertiary alicyclic amines) is 1. The van der Waals surface area contributed by atoms with Crippen LogP contribution in [-0.2, 0) is 16.0 Å². The molecule has 0 bridgehead atoms. The molecule has 2 aliphatic rings. The highest BCUT2D eigenvalue weighted by Gasteiger charge is 2.42. The molecule has 32 heavy (non-hydrogen) atoms. The van der Waals surface area contributed by atoms with Gasteiger partial charge >= 0.3 is 0 Å². The molecule has 1 N–H and O–H groups in total. The van der Waals surface area contributed by atoms with E-state index in [1.165, 1.54) is 48.8 Å². The van der Waals surface area contributed by atoms with Crippen LogP contribution in [0.4, 0.5) is 0 Å². The Bertz CT molecular complexity index is 910. The molecule has 4 nitrogen and oxygen atoms in total. The summed E-state index contributed by atoms with van der Waals surface area (Å²) in [7, 11) is 1.73. The molecule has 2 aromatic carbocycles. The van der Waals surface area contributed by atoms with Crippen LogP contribution < -0.4 is 5.32 Å². The van der Waals surface area contributed by atoms with Gasteiger partial charge in [0.25, 0.3) is 0 Å². The lowest BCUT2D eigenvalue weighted by atomic mass is 9.72. The Morgan fingerprint density at radius 1 is 0.938 bits per heavy atom. The summed E-state index contributed by atoms with van der Waals surface area (Å²) in [6.45, 7) is 1.35. The molecule has 1 saturated carbocycles. The van der Waals surface area contributed by atoms with E-state index in [1.54, 1.807) is 7.05 Å². The van der Waals surface area contributed by atoms with Crippen molar-refractivity contribution in [3.63, 3.8) is 0 Å². The van der Waals surface area contributed by atoms with Crippen molar-refractivity contribution in [2.24, 2.45) is 11.3 Å². The standard InChI is InChI=1S/C28H36N2O2/c1-29-27(32)28(21-24-14-8-9-15-25(24)23-12-6-3-7-13-23)16-18-30(19-17-28)26(31)20-22-10-4-2-5-11-22/h3,6-9,12-15,22H,2,4-5,10-11,16-21H2,1H3,(H,29,32). The number of rotatable bonds is 6. The van der Waals surface area contributed by atoms with E-state index in [4.69, 9.17) is 0 Å². The SMILES string of the molecule is CNC(=O)C1(Cc2ccccc2-c2ccccc2)CCN(C(=O)CC2CCCCC2)CC1. The van der Waals surface area contributed by atoms with Gasteiger partial charge in [0.05, 0.1) is 5.41 Å². The lowest BCUT2D eigenvalue weighted by Gasteiger charge is -2.41. The number of carbonyl (C=O) groups excluding carboxylic acids is 2. The first kappa shape index (κ1) is 22.6. The van der Waals surface area contributed by atoms with Crippen molar-refractivity contribution in [3.05, 3.63) is 60.2 Å². The fourth-order valence-electron chi connectivity index (χ4n) is 5.64. The first-order valence-electron chi connectivity index (χ1n) is 12.2. The maximum Gasteiger partial charge on any atom is 0.226 e. The van der Waals surface area contributed by atoms with Crippen LogP contribution in [0.2, 0.25) is 0 Å². The molecule has 0 atom stereocenters. The van der Waals surface area contributed by atoms with Gasteiger partial charge in [0.1, 0.15) is 0 Å². The monoisotopic (exact) mass is 432 g/mol. The van der Waals surface area contributed by atoms with Crippen LogP contribution in [0.15, 0.2) is 54.6 Å². The maximum atomic E-state index is 13.1. The lowest BCUT2D eigenvalue weighted by molar-refractivity contribution is -0.141. The van der Waals surface area contributed by atoms with E-state index in [2.05, 4.69) is 53.8 Å². The molecule has 1 aliphatic carbocycles. The van der Waals surface area contributed by atoms with Gasteiger partial charge in [-0.15, -0.1) is 0 Å². The van der Waals surface area contributed by atoms with Crippen molar-refractivity contribution >= 4 is 11.8 Å². The predicted molar refractivity (Wildman–Crippen MR) is 129 cm³/mol. The highest BCUT2D eigenvalue weighted by Crippen LogP contribution is 2.39. The first-order valence-corrected chi connectivity index (χ1v) is 12.2. The van der Waals surface area contributed by atoms with Crippen molar-refractivity contribution in [1.29, 1.82) is 0 Å². The second-order valence-corrected chi connectivity index (χ2v) is 9.65. The first-order chi connectivity index (χ1) is 15.6. The molecule has 0 spiro atoms. The highest BCUT2D eigenvalue weighted by molar-refractivity contribution is 5.84. The molecule has 2 aromatic rings. The number of hydrogen-bond donors (Lipinski definition) is 1. The van der Waals surface area contributed by atoms with Crippen LogP contribution in [0.3, 0.4) is 0 Å². The Kier molecular flexibility index (Phi) is 7.29. The van der Waals surface area contributed by atoms with E-state index in [9.17, 15) is 9.59 Å². The third kappa shape index (κ3) is 5.06. The number of carbonyl (C=O) groups is 2. The van der Waals surface area contributed by atoms with Crippen LogP contribution in [0.1, 0.15) is 56.9 Å². The molecular weight excluding hydrogens is 396 g/mol. The molecule has 1 saturated heterocycles. The third-order valence-electron chi connectivity index (χ3n) is 7.60. The molecule has 170 valence electrons. The van der Waals surface area contributed by atoms with Gasteiger partial charge in [-0.1, -0.05) is 73.9 Å². The minimum Gasteiger partial charge on any atom is -0.359 e. The molecule has 4 heteroatoms. The summed E-state index contributed by atoms with van der Waals surface area (Å²) in [5, 5.41) is 2.92. The van der Waals surface area contributed by atoms with Crippen molar-refractivity contribution in [2.75, 3.05) is 20.1 Å². The van der Waals surface area contributed by atoms with Crippen molar-refractivity contribution < 1.29 is 9.59 Å². The fourth-order valence-corrected chi connectivity index (χ4v) is 5.64. The molecule has 1 aliphatic heterocycles. The Morgan fingerprint density at radius 2 is 1.59 bits per heavy atom. The Morgan fingerprint density at radius 3 is 2.28 bits per heavy atom. The molecule has 2 amide bonds. The van der Waals surface area contributed by atoms with E-state index in [0.29, 0.717) is 44.7 Å². The summed E-state index contributed by atoms with van der Waals surface area (Å²) in [5.41, 5.74) is 3.09. The molecular formula is C28H36N2O2. The van der Waals surface area contributed by atoms with Gasteiger partial charge in [-0.2, -0.15) is 0 Å². The zero-order chi connectivity index (χ0) is 22.4. The van der Waals surface area contributed by atoms with Crippen molar-refractivity contribution in [2.45, 2.75) is 57.8 Å². The minimum absolute atomic E-state index is 0.0970. The zero-order valence-corrected chi connectivity index (χ0v) is 19.3. The second-order valence-electron chi connectivity index (χ2n) is 9.65.